The number of nitrogens with one attached hydrogen (secondary N) is 9. The molecule has 4 saturated carbocycles. The minimum absolute atomic E-state index is 0.0755. The van der Waals surface area contributed by atoms with Gasteiger partial charge in [0.25, 0.3) is 0 Å². The molecule has 13 atom stereocenters. The van der Waals surface area contributed by atoms with Crippen molar-refractivity contribution in [1.29, 1.82) is 0 Å². The van der Waals surface area contributed by atoms with E-state index >= 15 is 0 Å². The molecule has 6 aliphatic rings. The number of ketones is 1. The van der Waals surface area contributed by atoms with Crippen LogP contribution in [-0.4, -0.2) is 136 Å². The van der Waals surface area contributed by atoms with Gasteiger partial charge in [-0.3, -0.25) is 38.4 Å². The van der Waals surface area contributed by atoms with Crippen LogP contribution in [0.25, 0.3) is 0 Å². The van der Waals surface area contributed by atoms with Gasteiger partial charge in [-0.25, -0.2) is 0 Å². The van der Waals surface area contributed by atoms with Crippen LogP contribution >= 0.6 is 0 Å². The highest BCUT2D eigenvalue weighted by Crippen LogP contribution is 2.31. The van der Waals surface area contributed by atoms with Gasteiger partial charge < -0.3 is 64.1 Å². The fourth-order valence-corrected chi connectivity index (χ4v) is 11.9. The van der Waals surface area contributed by atoms with E-state index in [4.69, 9.17) is 16.2 Å². The lowest BCUT2D eigenvalue weighted by atomic mass is 9.95. The summed E-state index contributed by atoms with van der Waals surface area (Å²) >= 11 is 0. The number of carbonyl (C=O) groups excluding carboxylic acids is 8. The maximum Gasteiger partial charge on any atom is 0.226 e. The number of methoxy groups -OCH3 is 1. The Morgan fingerprint density at radius 1 is 0.571 bits per heavy atom. The van der Waals surface area contributed by atoms with Gasteiger partial charge in [0.1, 0.15) is 5.75 Å². The monoisotopic (exact) mass is 976 g/mol. The molecule has 13 unspecified atom stereocenters. The number of benzene rings is 1. The van der Waals surface area contributed by atoms with E-state index in [1.54, 1.807) is 31.4 Å². The van der Waals surface area contributed by atoms with E-state index in [0.717, 1.165) is 32.1 Å². The lowest BCUT2D eigenvalue weighted by Crippen LogP contribution is -2.53. The minimum atomic E-state index is -0.571. The Labute approximate surface area is 410 Å². The second-order valence-electron chi connectivity index (χ2n) is 20.5. The third-order valence-electron chi connectivity index (χ3n) is 16.0. The van der Waals surface area contributed by atoms with Crippen molar-refractivity contribution in [2.75, 3.05) is 52.9 Å². The second kappa shape index (κ2) is 25.3. The van der Waals surface area contributed by atoms with Crippen molar-refractivity contribution in [3.05, 3.63) is 29.8 Å². The van der Waals surface area contributed by atoms with Crippen LogP contribution in [0, 0.1) is 41.4 Å². The summed E-state index contributed by atoms with van der Waals surface area (Å²) in [5.41, 5.74) is 11.9. The molecular weight excluding hydrogens is 899 g/mol. The van der Waals surface area contributed by atoms with E-state index in [2.05, 4.69) is 47.9 Å². The first-order chi connectivity index (χ1) is 33.8. The highest BCUT2D eigenvalue weighted by atomic mass is 16.5. The van der Waals surface area contributed by atoms with E-state index in [1.807, 2.05) is 0 Å². The van der Waals surface area contributed by atoms with Crippen molar-refractivity contribution in [1.82, 2.24) is 47.9 Å². The number of amides is 7. The Kier molecular flexibility index (Phi) is 19.0. The standard InChI is InChI=1S/C50H77N11O9/c1-70-30-19-17-28(18-20-30)43(62)27-55-37-13-5-10-32(37)47(66)60-41-25-54-24-36(41)50(69)59-39-15-6-11-33(39)46(65)56-22-29(8-2-3-21-51)45(64)57-40-16-7-12-34(40)48(67)61-42-26-53-23-35(42)49(68)58-38-14-4-9-31(38)44(52)63/h17-20,29,31-42,53-55H,2-16,21-27,51H2,1H3,(H2,52,63)(H,56,65)(H,57,64)(H,58,68)(H,59,69)(H,60,66)(H,61,67). The van der Waals surface area contributed by atoms with Crippen LogP contribution in [-0.2, 0) is 33.6 Å². The van der Waals surface area contributed by atoms with Crippen LogP contribution < -0.4 is 64.1 Å². The molecule has 2 aliphatic heterocycles. The number of primary amides is 1. The van der Waals surface area contributed by atoms with Gasteiger partial charge in [-0.05, 0) is 95.0 Å². The first-order valence-corrected chi connectivity index (χ1v) is 26.0. The first kappa shape index (κ1) is 52.6. The predicted octanol–water partition coefficient (Wildman–Crippen LogP) is -0.754. The molecule has 386 valence electrons. The lowest BCUT2D eigenvalue weighted by molar-refractivity contribution is -0.131. The fourth-order valence-electron chi connectivity index (χ4n) is 11.9. The molecule has 7 rings (SSSR count). The van der Waals surface area contributed by atoms with Gasteiger partial charge in [0, 0.05) is 62.5 Å². The molecule has 13 N–H and O–H groups in total. The van der Waals surface area contributed by atoms with Crippen molar-refractivity contribution >= 4 is 47.1 Å². The van der Waals surface area contributed by atoms with Crippen molar-refractivity contribution < 1.29 is 43.1 Å². The SMILES string of the molecule is COc1ccc(C(=O)CNC2CCCC2C(=O)NC2CNCC2C(=O)NC2CCCC2C(=O)NCC(CCCCN)C(=O)NC2CCCC2C(=O)NC2CNCC2C(=O)NC2CCCC2C(N)=O)cc1. The second-order valence-corrected chi connectivity index (χ2v) is 20.5. The molecule has 0 spiro atoms. The molecule has 1 aromatic rings. The van der Waals surface area contributed by atoms with Crippen LogP contribution in [0.1, 0.15) is 107 Å². The van der Waals surface area contributed by atoms with Gasteiger partial charge in [0.05, 0.1) is 67.2 Å². The summed E-state index contributed by atoms with van der Waals surface area (Å²) in [7, 11) is 1.57. The first-order valence-electron chi connectivity index (χ1n) is 26.0. The zero-order valence-corrected chi connectivity index (χ0v) is 40.7. The topological polar surface area (TPSA) is 306 Å². The summed E-state index contributed by atoms with van der Waals surface area (Å²) in [4.78, 5) is 107. The van der Waals surface area contributed by atoms with E-state index < -0.39 is 65.6 Å². The fraction of sp³-hybridized carbons (Fsp3) is 0.720. The van der Waals surface area contributed by atoms with E-state index in [1.165, 1.54) is 0 Å². The number of ether oxygens (including phenoxy) is 1. The third kappa shape index (κ3) is 13.4. The lowest BCUT2D eigenvalue weighted by Gasteiger charge is -2.28. The summed E-state index contributed by atoms with van der Waals surface area (Å²) in [6.07, 6.45) is 10.2. The molecule has 70 heavy (non-hydrogen) atoms. The molecule has 1 aromatic carbocycles. The maximum atomic E-state index is 14.0. The molecule has 0 aromatic heterocycles. The van der Waals surface area contributed by atoms with Gasteiger partial charge in [0.2, 0.25) is 41.4 Å². The van der Waals surface area contributed by atoms with Gasteiger partial charge >= 0.3 is 0 Å². The van der Waals surface area contributed by atoms with Crippen molar-refractivity contribution in [3.8, 4) is 5.75 Å². The number of hydrogen-bond acceptors (Lipinski definition) is 13. The van der Waals surface area contributed by atoms with E-state index in [9.17, 15) is 38.4 Å². The number of nitrogens with two attached hydrogens (primary N) is 2. The van der Waals surface area contributed by atoms with Crippen LogP contribution in [0.15, 0.2) is 24.3 Å². The largest absolute Gasteiger partial charge is 0.497 e. The molecule has 2 saturated heterocycles. The predicted molar refractivity (Wildman–Crippen MR) is 259 cm³/mol. The molecule has 7 amide bonds. The Bertz CT molecular complexity index is 2020. The van der Waals surface area contributed by atoms with Gasteiger partial charge in [-0.2, -0.15) is 0 Å². The normalized spacial score (nSPS) is 30.8. The van der Waals surface area contributed by atoms with Crippen LogP contribution in [0.4, 0.5) is 0 Å². The highest BCUT2D eigenvalue weighted by molar-refractivity contribution is 5.98. The number of hydrogen-bond donors (Lipinski definition) is 11. The maximum absolute atomic E-state index is 14.0. The van der Waals surface area contributed by atoms with Gasteiger partial charge in [-0.1, -0.05) is 32.1 Å². The average molecular weight is 976 g/mol. The Balaban J connectivity index is 0.872. The van der Waals surface area contributed by atoms with Crippen molar-refractivity contribution in [2.45, 2.75) is 133 Å². The summed E-state index contributed by atoms with van der Waals surface area (Å²) < 4.78 is 5.19. The summed E-state index contributed by atoms with van der Waals surface area (Å²) in [5, 5.41) is 28.3. The minimum Gasteiger partial charge on any atom is -0.497 e. The molecule has 2 heterocycles. The molecule has 20 heteroatoms. The zero-order valence-electron chi connectivity index (χ0n) is 40.7. The highest BCUT2D eigenvalue weighted by Gasteiger charge is 2.44. The average Bonchev–Trinajstić information content (AvgIpc) is 4.22. The molecule has 0 radical (unpaired) electrons. The van der Waals surface area contributed by atoms with Crippen LogP contribution in [0.2, 0.25) is 0 Å². The quantitative estimate of drug-likeness (QED) is 0.0476. The third-order valence-corrected chi connectivity index (χ3v) is 16.0. The van der Waals surface area contributed by atoms with E-state index in [-0.39, 0.29) is 72.3 Å². The number of rotatable bonds is 23. The van der Waals surface area contributed by atoms with Crippen molar-refractivity contribution in [3.63, 3.8) is 0 Å². The van der Waals surface area contributed by atoms with Crippen LogP contribution in [0.5, 0.6) is 5.75 Å². The molecule has 4 aliphatic carbocycles. The molecular formula is C50H77N11O9. The Morgan fingerprint density at radius 2 is 1.04 bits per heavy atom. The van der Waals surface area contributed by atoms with Gasteiger partial charge in [0.15, 0.2) is 5.78 Å². The molecule has 6 fully saturated rings. The summed E-state index contributed by atoms with van der Waals surface area (Å²) in [5.74, 6) is -4.48. The van der Waals surface area contributed by atoms with Crippen molar-refractivity contribution in [2.24, 2.45) is 52.9 Å². The number of unbranched alkanes of at least 4 members (excludes halogenated alkanes) is 1. The van der Waals surface area contributed by atoms with Crippen LogP contribution in [0.3, 0.4) is 0 Å². The smallest absolute Gasteiger partial charge is 0.226 e. The number of Topliss-reactive ketones (excluding diaryl/α,β-unsaturated/α-hetero) is 1. The Morgan fingerprint density at radius 3 is 1.59 bits per heavy atom. The number of carbonyl (C=O) groups is 8. The Hall–Kier alpha value is -5.18. The zero-order chi connectivity index (χ0) is 49.7. The van der Waals surface area contributed by atoms with Gasteiger partial charge in [-0.15, -0.1) is 0 Å². The van der Waals surface area contributed by atoms with E-state index in [0.29, 0.717) is 108 Å². The molecule has 20 nitrogen and oxygen atoms in total. The molecule has 0 bridgehead atoms. The summed E-state index contributed by atoms with van der Waals surface area (Å²) in [6.45, 7) is 2.26. The summed E-state index contributed by atoms with van der Waals surface area (Å²) in [6, 6.07) is 4.73.